The summed E-state index contributed by atoms with van der Waals surface area (Å²) < 4.78 is 5.37. The van der Waals surface area contributed by atoms with Gasteiger partial charge in [0.15, 0.2) is 5.76 Å². The van der Waals surface area contributed by atoms with Crippen LogP contribution in [0.15, 0.2) is 28.2 Å². The highest BCUT2D eigenvalue weighted by Gasteiger charge is 2.10. The molecule has 1 saturated heterocycles. The lowest BCUT2D eigenvalue weighted by molar-refractivity contribution is 0.329. The summed E-state index contributed by atoms with van der Waals surface area (Å²) in [5, 5.41) is 6.78. The Labute approximate surface area is 136 Å². The third-order valence-corrected chi connectivity index (χ3v) is 5.03. The zero-order valence-electron chi connectivity index (χ0n) is 13.1. The van der Waals surface area contributed by atoms with Gasteiger partial charge in [-0.3, -0.25) is 0 Å². The molecule has 0 aromatic carbocycles. The summed E-state index contributed by atoms with van der Waals surface area (Å²) in [5.41, 5.74) is 0.954. The highest BCUT2D eigenvalue weighted by atomic mass is 32.1. The zero-order chi connectivity index (χ0) is 15.0. The maximum absolute atomic E-state index is 5.37. The first-order chi connectivity index (χ1) is 10.9. The summed E-state index contributed by atoms with van der Waals surface area (Å²) in [6.45, 7) is 6.03. The highest BCUT2D eigenvalue weighted by Crippen LogP contribution is 2.22. The summed E-state index contributed by atoms with van der Waals surface area (Å²) in [5.74, 6) is 0.859. The smallest absolute Gasteiger partial charge is 0.153 e. The molecule has 0 saturated carbocycles. The Bertz CT molecular complexity index is 532. The molecule has 2 aromatic rings. The van der Waals surface area contributed by atoms with Gasteiger partial charge >= 0.3 is 0 Å². The van der Waals surface area contributed by atoms with Gasteiger partial charge < -0.3 is 14.6 Å². The number of thiazole rings is 1. The monoisotopic (exact) mass is 319 g/mol. The highest BCUT2D eigenvalue weighted by molar-refractivity contribution is 7.09. The molecule has 3 heterocycles. The van der Waals surface area contributed by atoms with E-state index < -0.39 is 0 Å². The molecule has 2 aromatic heterocycles. The van der Waals surface area contributed by atoms with Crippen LogP contribution in [-0.4, -0.2) is 42.6 Å². The van der Waals surface area contributed by atoms with Gasteiger partial charge in [0, 0.05) is 18.3 Å². The summed E-state index contributed by atoms with van der Waals surface area (Å²) >= 11 is 1.72. The van der Waals surface area contributed by atoms with Gasteiger partial charge in [0.1, 0.15) is 5.69 Å². The second-order valence-corrected chi connectivity index (χ2v) is 6.80. The maximum Gasteiger partial charge on any atom is 0.153 e. The fourth-order valence-electron chi connectivity index (χ4n) is 2.88. The molecular weight excluding hydrogens is 294 g/mol. The first kappa shape index (κ1) is 15.7. The molecule has 0 atom stereocenters. The van der Waals surface area contributed by atoms with Crippen LogP contribution in [0.5, 0.6) is 0 Å². The van der Waals surface area contributed by atoms with Crippen molar-refractivity contribution in [1.82, 2.24) is 15.2 Å². The van der Waals surface area contributed by atoms with Gasteiger partial charge in [0.05, 0.1) is 11.3 Å². The normalized spacial score (nSPS) is 15.6. The Kier molecular flexibility index (Phi) is 6.04. The first-order valence-electron chi connectivity index (χ1n) is 8.33. The standard InChI is InChI=1S/C17H25N3OS/c1(2-10-20-11-3-4-12-20)8-18-9-7-17-19-15(14-22-17)16-6-5-13-21-16/h5-6,13-14,18H,1-4,7-12H2. The number of hydrogen-bond donors (Lipinski definition) is 1. The van der Waals surface area contributed by atoms with Crippen molar-refractivity contribution in [1.29, 1.82) is 0 Å². The largest absolute Gasteiger partial charge is 0.463 e. The van der Waals surface area contributed by atoms with Crippen LogP contribution in [0.4, 0.5) is 0 Å². The van der Waals surface area contributed by atoms with Gasteiger partial charge in [-0.1, -0.05) is 0 Å². The predicted molar refractivity (Wildman–Crippen MR) is 91.3 cm³/mol. The third kappa shape index (κ3) is 4.66. The summed E-state index contributed by atoms with van der Waals surface area (Å²) in [6.07, 6.45) is 8.06. The third-order valence-electron chi connectivity index (χ3n) is 4.12. The number of nitrogens with one attached hydrogen (secondary N) is 1. The number of rotatable bonds is 9. The summed E-state index contributed by atoms with van der Waals surface area (Å²) in [7, 11) is 0. The van der Waals surface area contributed by atoms with Crippen molar-refractivity contribution in [2.24, 2.45) is 0 Å². The molecule has 120 valence electrons. The van der Waals surface area contributed by atoms with E-state index >= 15 is 0 Å². The van der Waals surface area contributed by atoms with E-state index in [0.717, 1.165) is 31.0 Å². The van der Waals surface area contributed by atoms with Crippen LogP contribution in [0.25, 0.3) is 11.5 Å². The van der Waals surface area contributed by atoms with Gasteiger partial charge in [0.2, 0.25) is 0 Å². The Balaban J connectivity index is 1.26. The van der Waals surface area contributed by atoms with Gasteiger partial charge in [-0.05, 0) is 64.0 Å². The van der Waals surface area contributed by atoms with E-state index in [9.17, 15) is 0 Å². The molecule has 3 rings (SSSR count). The van der Waals surface area contributed by atoms with E-state index in [-0.39, 0.29) is 0 Å². The summed E-state index contributed by atoms with van der Waals surface area (Å²) in [4.78, 5) is 7.21. The van der Waals surface area contributed by atoms with Crippen LogP contribution in [0.1, 0.15) is 30.7 Å². The van der Waals surface area contributed by atoms with Crippen LogP contribution in [-0.2, 0) is 6.42 Å². The van der Waals surface area contributed by atoms with Gasteiger partial charge in [-0.25, -0.2) is 4.98 Å². The molecule has 0 spiro atoms. The molecule has 0 unspecified atom stereocenters. The number of furan rings is 1. The Hall–Kier alpha value is -1.17. The van der Waals surface area contributed by atoms with Crippen LogP contribution in [0, 0.1) is 0 Å². The number of nitrogens with zero attached hydrogens (tertiary/aromatic N) is 2. The van der Waals surface area contributed by atoms with Gasteiger partial charge in [0.25, 0.3) is 0 Å². The molecule has 0 aliphatic carbocycles. The molecular formula is C17H25N3OS. The fourth-order valence-corrected chi connectivity index (χ4v) is 3.66. The van der Waals surface area contributed by atoms with E-state index in [1.54, 1.807) is 17.6 Å². The van der Waals surface area contributed by atoms with E-state index in [0.29, 0.717) is 0 Å². The average molecular weight is 319 g/mol. The maximum atomic E-state index is 5.37. The van der Waals surface area contributed by atoms with E-state index in [4.69, 9.17) is 4.42 Å². The van der Waals surface area contributed by atoms with Crippen molar-refractivity contribution >= 4 is 11.3 Å². The zero-order valence-corrected chi connectivity index (χ0v) is 13.9. The number of aromatic nitrogens is 1. The molecule has 1 N–H and O–H groups in total. The van der Waals surface area contributed by atoms with Crippen LogP contribution >= 0.6 is 11.3 Å². The lowest BCUT2D eigenvalue weighted by Gasteiger charge is -2.13. The fraction of sp³-hybridized carbons (Fsp3) is 0.588. The Morgan fingerprint density at radius 2 is 2.14 bits per heavy atom. The quantitative estimate of drug-likeness (QED) is 0.719. The van der Waals surface area contributed by atoms with Crippen LogP contribution in [0.2, 0.25) is 0 Å². The van der Waals surface area contributed by atoms with Crippen LogP contribution in [0.3, 0.4) is 0 Å². The number of unbranched alkanes of at least 4 members (excludes halogenated alkanes) is 1. The van der Waals surface area contributed by atoms with Crippen molar-refractivity contribution in [3.05, 3.63) is 28.8 Å². The average Bonchev–Trinajstić information content (AvgIpc) is 3.28. The first-order valence-corrected chi connectivity index (χ1v) is 9.21. The molecule has 5 heteroatoms. The van der Waals surface area contributed by atoms with Gasteiger partial charge in [-0.2, -0.15) is 0 Å². The predicted octanol–water partition coefficient (Wildman–Crippen LogP) is 3.41. The Morgan fingerprint density at radius 1 is 1.23 bits per heavy atom. The lowest BCUT2D eigenvalue weighted by Crippen LogP contribution is -2.23. The molecule has 1 fully saturated rings. The van der Waals surface area contributed by atoms with Crippen molar-refractivity contribution < 1.29 is 4.42 Å². The molecule has 0 radical (unpaired) electrons. The van der Waals surface area contributed by atoms with Crippen molar-refractivity contribution in [3.8, 4) is 11.5 Å². The minimum Gasteiger partial charge on any atom is -0.463 e. The molecule has 1 aliphatic rings. The topological polar surface area (TPSA) is 41.3 Å². The van der Waals surface area contributed by atoms with Crippen LogP contribution < -0.4 is 5.32 Å². The second kappa shape index (κ2) is 8.46. The Morgan fingerprint density at radius 3 is 2.95 bits per heavy atom. The lowest BCUT2D eigenvalue weighted by atomic mass is 10.3. The minimum absolute atomic E-state index is 0.859. The van der Waals surface area contributed by atoms with Crippen molar-refractivity contribution in [3.63, 3.8) is 0 Å². The molecule has 1 aliphatic heterocycles. The number of hydrogen-bond acceptors (Lipinski definition) is 5. The second-order valence-electron chi connectivity index (χ2n) is 5.86. The van der Waals surface area contributed by atoms with Crippen molar-refractivity contribution in [2.45, 2.75) is 32.1 Å². The molecule has 4 nitrogen and oxygen atoms in total. The summed E-state index contributed by atoms with van der Waals surface area (Å²) in [6, 6.07) is 3.86. The molecule has 0 amide bonds. The van der Waals surface area contributed by atoms with Crippen molar-refractivity contribution in [2.75, 3.05) is 32.7 Å². The van der Waals surface area contributed by atoms with E-state index in [1.807, 2.05) is 12.1 Å². The van der Waals surface area contributed by atoms with E-state index in [1.165, 1.54) is 50.3 Å². The van der Waals surface area contributed by atoms with E-state index in [2.05, 4.69) is 20.6 Å². The molecule has 22 heavy (non-hydrogen) atoms. The number of likely N-dealkylation sites (tertiary alicyclic amines) is 1. The SMILES string of the molecule is c1coc(-c2csc(CCNCCCCN3CCCC3)n2)c1. The minimum atomic E-state index is 0.859. The molecule has 0 bridgehead atoms. The van der Waals surface area contributed by atoms with Gasteiger partial charge in [-0.15, -0.1) is 11.3 Å².